The number of thiazole rings is 1. The van der Waals surface area contributed by atoms with Gasteiger partial charge in [0, 0.05) is 23.8 Å². The molecule has 0 spiro atoms. The largest absolute Gasteiger partial charge is 0.503 e. The van der Waals surface area contributed by atoms with Crippen LogP contribution in [0.4, 0.5) is 5.13 Å². The van der Waals surface area contributed by atoms with E-state index in [2.05, 4.69) is 14.4 Å². The van der Waals surface area contributed by atoms with E-state index in [1.807, 2.05) is 0 Å². The van der Waals surface area contributed by atoms with Gasteiger partial charge in [0.2, 0.25) is 5.43 Å². The quantitative estimate of drug-likeness (QED) is 0.104. The summed E-state index contributed by atoms with van der Waals surface area (Å²) in [5, 5.41) is 25.8. The number of nitrogen functional groups attached to an aromatic ring is 1. The highest BCUT2D eigenvalue weighted by atomic mass is 32.3. The number of β-lactam (4-membered cyclic amide) rings is 1. The van der Waals surface area contributed by atoms with Gasteiger partial charge in [0.15, 0.2) is 28.5 Å². The predicted octanol–water partition coefficient (Wildman–Crippen LogP) is 0.632. The van der Waals surface area contributed by atoms with Crippen LogP contribution < -0.4 is 11.2 Å². The smallest absolute Gasteiger partial charge is 0.418 e. The monoisotopic (exact) mass is 557 g/mol. The number of amides is 1. The van der Waals surface area contributed by atoms with Crippen LogP contribution in [0.1, 0.15) is 50.6 Å². The number of oxime groups is 1. The number of pyridine rings is 1. The standard InChI is InChI=1S/C20H23N5O10S2/c1-20(2)10(18(29)25(20)35-37(31,32)33)5-14(27)16(11-8-36-19(21)22-11)23-34-17(9-3-4-9)12-6-13(26)15(28)7-24(12)30/h6-10,17,28,30H,3-5H2,1-2H3,(H2,21,22)(H,31,32,33)/b23-16-/t10-,17?/m1/s1. The molecule has 200 valence electrons. The highest BCUT2D eigenvalue weighted by Gasteiger charge is 2.57. The van der Waals surface area contributed by atoms with Gasteiger partial charge in [-0.3, -0.25) is 18.9 Å². The van der Waals surface area contributed by atoms with Gasteiger partial charge in [0.1, 0.15) is 11.4 Å². The van der Waals surface area contributed by atoms with Crippen LogP contribution in [0.15, 0.2) is 27.6 Å². The molecule has 2 aromatic rings. The Kier molecular flexibility index (Phi) is 6.74. The van der Waals surface area contributed by atoms with Crippen molar-refractivity contribution in [1.82, 2.24) is 14.8 Å². The minimum Gasteiger partial charge on any atom is -0.503 e. The maximum absolute atomic E-state index is 13.3. The predicted molar refractivity (Wildman–Crippen MR) is 126 cm³/mol. The SMILES string of the molecule is CC1(C)[C@H](CC(=O)/C(=N\OC(c2cc(=O)c(O)cn2O)C2CC2)c2csc(N)n2)C(=O)N1OS(=O)(=O)O. The Morgan fingerprint density at radius 3 is 2.59 bits per heavy atom. The van der Waals surface area contributed by atoms with Crippen molar-refractivity contribution in [3.8, 4) is 5.75 Å². The number of nitrogens with two attached hydrogens (primary N) is 1. The summed E-state index contributed by atoms with van der Waals surface area (Å²) < 4.78 is 35.8. The first-order chi connectivity index (χ1) is 17.2. The van der Waals surface area contributed by atoms with Gasteiger partial charge in [0.05, 0.1) is 17.7 Å². The average Bonchev–Trinajstić information content (AvgIpc) is 3.55. The molecule has 2 atom stereocenters. The molecule has 0 bridgehead atoms. The summed E-state index contributed by atoms with van der Waals surface area (Å²) in [7, 11) is -4.96. The zero-order valence-corrected chi connectivity index (χ0v) is 21.1. The highest BCUT2D eigenvalue weighted by molar-refractivity contribution is 7.80. The number of ketones is 1. The fraction of sp³-hybridized carbons (Fsp3) is 0.450. The number of Topliss-reactive ketones (excluding diaryl/α,β-unsaturated/α-hetero) is 1. The normalized spacial score (nSPS) is 20.4. The van der Waals surface area contributed by atoms with Crippen LogP contribution in [-0.2, 0) is 29.1 Å². The minimum atomic E-state index is -4.96. The van der Waals surface area contributed by atoms with Crippen LogP contribution in [0.25, 0.3) is 0 Å². The fourth-order valence-electron chi connectivity index (χ4n) is 3.92. The first-order valence-corrected chi connectivity index (χ1v) is 13.1. The molecular formula is C20H23N5O10S2. The summed E-state index contributed by atoms with van der Waals surface area (Å²) in [6, 6.07) is 0.996. The lowest BCUT2D eigenvalue weighted by molar-refractivity contribution is -0.228. The minimum absolute atomic E-state index is 0.00643. The molecule has 2 fully saturated rings. The van der Waals surface area contributed by atoms with Gasteiger partial charge >= 0.3 is 10.4 Å². The van der Waals surface area contributed by atoms with Crippen LogP contribution in [0.5, 0.6) is 5.75 Å². The Morgan fingerprint density at radius 1 is 1.38 bits per heavy atom. The van der Waals surface area contributed by atoms with Crippen molar-refractivity contribution in [2.24, 2.45) is 17.0 Å². The van der Waals surface area contributed by atoms with Crippen molar-refractivity contribution in [2.75, 3.05) is 5.73 Å². The number of hydrogen-bond donors (Lipinski definition) is 4. The topological polar surface area (TPSA) is 224 Å². The van der Waals surface area contributed by atoms with E-state index in [0.29, 0.717) is 22.6 Å². The van der Waals surface area contributed by atoms with E-state index in [1.54, 1.807) is 0 Å². The molecule has 1 aliphatic heterocycles. The Labute approximate surface area is 213 Å². The molecule has 17 heteroatoms. The maximum atomic E-state index is 13.3. The van der Waals surface area contributed by atoms with Crippen LogP contribution in [0.2, 0.25) is 0 Å². The Balaban J connectivity index is 1.61. The van der Waals surface area contributed by atoms with E-state index in [4.69, 9.17) is 15.1 Å². The van der Waals surface area contributed by atoms with Crippen LogP contribution in [0, 0.1) is 11.8 Å². The van der Waals surface area contributed by atoms with E-state index in [-0.39, 0.29) is 28.1 Å². The number of aromatic nitrogens is 2. The number of rotatable bonds is 10. The Morgan fingerprint density at radius 2 is 2.05 bits per heavy atom. The molecule has 4 rings (SSSR count). The molecular weight excluding hydrogens is 534 g/mol. The molecule has 5 N–H and O–H groups in total. The van der Waals surface area contributed by atoms with Crippen LogP contribution in [0.3, 0.4) is 0 Å². The molecule has 1 aliphatic carbocycles. The van der Waals surface area contributed by atoms with Gasteiger partial charge in [-0.25, -0.2) is 4.98 Å². The summed E-state index contributed by atoms with van der Waals surface area (Å²) in [5.41, 5.74) is 3.46. The van der Waals surface area contributed by atoms with Crippen molar-refractivity contribution in [1.29, 1.82) is 0 Å². The molecule has 15 nitrogen and oxygen atoms in total. The summed E-state index contributed by atoms with van der Waals surface area (Å²) in [4.78, 5) is 47.4. The maximum Gasteiger partial charge on any atom is 0.418 e. The van der Waals surface area contributed by atoms with E-state index in [9.17, 15) is 33.1 Å². The Bertz CT molecular complexity index is 1440. The summed E-state index contributed by atoms with van der Waals surface area (Å²) in [5.74, 6) is -3.37. The first kappa shape index (κ1) is 26.5. The van der Waals surface area contributed by atoms with Crippen molar-refractivity contribution in [3.63, 3.8) is 0 Å². The van der Waals surface area contributed by atoms with Gasteiger partial charge in [0.25, 0.3) is 5.91 Å². The number of anilines is 1. The molecule has 1 saturated heterocycles. The molecule has 2 aromatic heterocycles. The van der Waals surface area contributed by atoms with E-state index in [0.717, 1.165) is 23.6 Å². The average molecular weight is 558 g/mol. The van der Waals surface area contributed by atoms with Gasteiger partial charge in [-0.1, -0.05) is 5.16 Å². The molecule has 2 aliphatic rings. The third kappa shape index (κ3) is 5.43. The highest BCUT2D eigenvalue weighted by Crippen LogP contribution is 2.44. The summed E-state index contributed by atoms with van der Waals surface area (Å²) >= 11 is 1.03. The number of aromatic hydroxyl groups is 1. The third-order valence-corrected chi connectivity index (χ3v) is 7.11. The van der Waals surface area contributed by atoms with Gasteiger partial charge in [-0.2, -0.15) is 18.2 Å². The van der Waals surface area contributed by atoms with Gasteiger partial charge in [-0.05, 0) is 26.7 Å². The molecule has 1 saturated carbocycles. The number of carbonyl (C=O) groups excluding carboxylic acids is 2. The zero-order chi connectivity index (χ0) is 27.3. The second kappa shape index (κ2) is 9.40. The third-order valence-electron chi connectivity index (χ3n) is 6.10. The van der Waals surface area contributed by atoms with E-state index < -0.39 is 57.2 Å². The van der Waals surface area contributed by atoms with Gasteiger partial charge in [-0.15, -0.1) is 15.6 Å². The molecule has 3 heterocycles. The fourth-order valence-corrected chi connectivity index (χ4v) is 4.92. The van der Waals surface area contributed by atoms with E-state index >= 15 is 0 Å². The molecule has 37 heavy (non-hydrogen) atoms. The molecule has 0 aromatic carbocycles. The van der Waals surface area contributed by atoms with Crippen LogP contribution in [-0.4, -0.2) is 61.0 Å². The van der Waals surface area contributed by atoms with E-state index in [1.165, 1.54) is 19.2 Å². The van der Waals surface area contributed by atoms with Crippen molar-refractivity contribution in [3.05, 3.63) is 39.3 Å². The molecule has 0 radical (unpaired) electrons. The van der Waals surface area contributed by atoms with Crippen molar-refractivity contribution in [2.45, 2.75) is 44.8 Å². The molecule has 1 amide bonds. The number of hydroxylamine groups is 2. The summed E-state index contributed by atoms with van der Waals surface area (Å²) in [6.07, 6.45) is 0.817. The van der Waals surface area contributed by atoms with Gasteiger partial charge < -0.3 is 20.9 Å². The molecule has 1 unspecified atom stereocenters. The Hall–Kier alpha value is -3.54. The van der Waals surface area contributed by atoms with Crippen molar-refractivity contribution < 1.29 is 42.0 Å². The zero-order valence-electron chi connectivity index (χ0n) is 19.5. The number of nitrogens with zero attached hydrogens (tertiary/aromatic N) is 4. The first-order valence-electron chi connectivity index (χ1n) is 10.8. The number of hydrogen-bond acceptors (Lipinski definition) is 13. The number of carbonyl (C=O) groups is 2. The lowest BCUT2D eigenvalue weighted by Gasteiger charge is -2.50. The second-order valence-corrected chi connectivity index (χ2v) is 11.0. The van der Waals surface area contributed by atoms with Crippen molar-refractivity contribution >= 4 is 44.3 Å². The lowest BCUT2D eigenvalue weighted by atomic mass is 9.74. The lowest BCUT2D eigenvalue weighted by Crippen LogP contribution is -2.68. The van der Waals surface area contributed by atoms with Crippen LogP contribution >= 0.6 is 11.3 Å². The summed E-state index contributed by atoms with van der Waals surface area (Å²) in [6.45, 7) is 2.89. The second-order valence-electron chi connectivity index (χ2n) is 9.14.